The van der Waals surface area contributed by atoms with E-state index in [9.17, 15) is 4.79 Å². The second kappa shape index (κ2) is 8.53. The summed E-state index contributed by atoms with van der Waals surface area (Å²) in [6.07, 6.45) is 1.71. The molecule has 1 rings (SSSR count). The number of nitrogens with two attached hydrogens (primary N) is 1. The Balaban J connectivity index is 2.21. The Labute approximate surface area is 109 Å². The van der Waals surface area contributed by atoms with Gasteiger partial charge in [0.2, 0.25) is 0 Å². The lowest BCUT2D eigenvalue weighted by molar-refractivity contribution is 0.138. The van der Waals surface area contributed by atoms with E-state index in [0.29, 0.717) is 25.6 Å². The third-order valence-electron chi connectivity index (χ3n) is 2.78. The number of amides is 1. The summed E-state index contributed by atoms with van der Waals surface area (Å²) in [5, 5.41) is 2.75. The van der Waals surface area contributed by atoms with Gasteiger partial charge in [-0.2, -0.15) is 0 Å². The molecule has 1 aromatic carbocycles. The largest absolute Gasteiger partial charge is 0.445 e. The van der Waals surface area contributed by atoms with Gasteiger partial charge in [-0.3, -0.25) is 0 Å². The van der Waals surface area contributed by atoms with Crippen LogP contribution in [0.2, 0.25) is 0 Å². The van der Waals surface area contributed by atoms with Crippen molar-refractivity contribution in [3.05, 3.63) is 35.9 Å². The van der Waals surface area contributed by atoms with Crippen LogP contribution in [0.1, 0.15) is 25.3 Å². The first-order valence-corrected chi connectivity index (χ1v) is 6.40. The number of alkyl carbamates (subject to hydrolysis) is 1. The lowest BCUT2D eigenvalue weighted by Gasteiger charge is -2.14. The van der Waals surface area contributed by atoms with Gasteiger partial charge in [0.1, 0.15) is 6.61 Å². The van der Waals surface area contributed by atoms with Crippen LogP contribution >= 0.6 is 0 Å². The van der Waals surface area contributed by atoms with E-state index in [1.54, 1.807) is 0 Å². The molecule has 0 saturated heterocycles. The van der Waals surface area contributed by atoms with E-state index in [2.05, 4.69) is 12.2 Å². The van der Waals surface area contributed by atoms with Gasteiger partial charge < -0.3 is 15.8 Å². The highest BCUT2D eigenvalue weighted by Gasteiger charge is 2.08. The maximum Gasteiger partial charge on any atom is 0.407 e. The van der Waals surface area contributed by atoms with Gasteiger partial charge in [0, 0.05) is 6.54 Å². The number of ether oxygens (including phenoxy) is 1. The molecule has 18 heavy (non-hydrogen) atoms. The molecule has 0 heterocycles. The number of carbonyl (C=O) groups excluding carboxylic acids is 1. The van der Waals surface area contributed by atoms with Crippen LogP contribution in [0.25, 0.3) is 0 Å². The van der Waals surface area contributed by atoms with E-state index < -0.39 is 0 Å². The molecule has 0 radical (unpaired) electrons. The molecule has 100 valence electrons. The molecule has 1 atom stereocenters. The highest BCUT2D eigenvalue weighted by Crippen LogP contribution is 2.03. The maximum absolute atomic E-state index is 11.5. The van der Waals surface area contributed by atoms with Crippen molar-refractivity contribution in [2.45, 2.75) is 26.4 Å². The van der Waals surface area contributed by atoms with E-state index in [0.717, 1.165) is 18.4 Å². The summed E-state index contributed by atoms with van der Waals surface area (Å²) in [4.78, 5) is 11.5. The highest BCUT2D eigenvalue weighted by atomic mass is 16.5. The Morgan fingerprint density at radius 3 is 2.72 bits per heavy atom. The number of rotatable bonds is 7. The Hall–Kier alpha value is -1.55. The van der Waals surface area contributed by atoms with Crippen LogP contribution in [-0.2, 0) is 11.3 Å². The third-order valence-corrected chi connectivity index (χ3v) is 2.78. The molecule has 1 unspecified atom stereocenters. The summed E-state index contributed by atoms with van der Waals surface area (Å²) >= 11 is 0. The zero-order valence-electron chi connectivity index (χ0n) is 10.9. The molecule has 0 fully saturated rings. The van der Waals surface area contributed by atoms with Gasteiger partial charge in [0.15, 0.2) is 0 Å². The van der Waals surface area contributed by atoms with Crippen molar-refractivity contribution in [1.29, 1.82) is 0 Å². The van der Waals surface area contributed by atoms with E-state index in [1.165, 1.54) is 0 Å². The van der Waals surface area contributed by atoms with E-state index in [1.807, 2.05) is 30.3 Å². The molecule has 0 aromatic heterocycles. The van der Waals surface area contributed by atoms with Crippen molar-refractivity contribution in [2.75, 3.05) is 13.1 Å². The summed E-state index contributed by atoms with van der Waals surface area (Å²) in [5.41, 5.74) is 6.60. The van der Waals surface area contributed by atoms with Gasteiger partial charge in [-0.05, 0) is 24.4 Å². The quantitative estimate of drug-likeness (QED) is 0.780. The van der Waals surface area contributed by atoms with Crippen LogP contribution in [0.5, 0.6) is 0 Å². The van der Waals surface area contributed by atoms with Crippen LogP contribution < -0.4 is 11.1 Å². The molecular formula is C14H22N2O2. The van der Waals surface area contributed by atoms with Gasteiger partial charge in [-0.15, -0.1) is 0 Å². The standard InChI is InChI=1S/C14H22N2O2/c1-2-6-13(9-15)10-16-14(17)18-11-12-7-4-3-5-8-12/h3-5,7-8,13H,2,6,9-11,15H2,1H3,(H,16,17). The third kappa shape index (κ3) is 5.68. The van der Waals surface area contributed by atoms with Crippen molar-refractivity contribution in [3.63, 3.8) is 0 Å². The molecule has 4 heteroatoms. The van der Waals surface area contributed by atoms with Crippen LogP contribution in [-0.4, -0.2) is 19.2 Å². The normalized spacial score (nSPS) is 11.9. The SMILES string of the molecule is CCCC(CN)CNC(=O)OCc1ccccc1. The fourth-order valence-corrected chi connectivity index (χ4v) is 1.71. The number of nitrogens with one attached hydrogen (secondary N) is 1. The number of hydrogen-bond acceptors (Lipinski definition) is 3. The molecule has 0 aliphatic carbocycles. The Bertz CT molecular complexity index is 341. The predicted octanol–water partition coefficient (Wildman–Crippen LogP) is 2.29. The molecule has 1 aromatic rings. The molecule has 0 aliphatic heterocycles. The van der Waals surface area contributed by atoms with Crippen molar-refractivity contribution in [3.8, 4) is 0 Å². The molecule has 4 nitrogen and oxygen atoms in total. The second-order valence-corrected chi connectivity index (χ2v) is 4.33. The van der Waals surface area contributed by atoms with E-state index >= 15 is 0 Å². The zero-order valence-corrected chi connectivity index (χ0v) is 10.9. The first-order valence-electron chi connectivity index (χ1n) is 6.40. The van der Waals surface area contributed by atoms with Crippen LogP contribution in [0.3, 0.4) is 0 Å². The minimum absolute atomic E-state index is 0.299. The van der Waals surface area contributed by atoms with Crippen molar-refractivity contribution < 1.29 is 9.53 Å². The average Bonchev–Trinajstić information content (AvgIpc) is 2.42. The van der Waals surface area contributed by atoms with Gasteiger partial charge in [-0.1, -0.05) is 43.7 Å². The number of carbonyl (C=O) groups is 1. The molecule has 0 aliphatic rings. The molecular weight excluding hydrogens is 228 g/mol. The topological polar surface area (TPSA) is 64.3 Å². The summed E-state index contributed by atoms with van der Waals surface area (Å²) in [7, 11) is 0. The molecule has 1 amide bonds. The van der Waals surface area contributed by atoms with Gasteiger partial charge in [0.05, 0.1) is 0 Å². The van der Waals surface area contributed by atoms with E-state index in [4.69, 9.17) is 10.5 Å². The predicted molar refractivity (Wildman–Crippen MR) is 72.1 cm³/mol. The van der Waals surface area contributed by atoms with Gasteiger partial charge in [0.25, 0.3) is 0 Å². The monoisotopic (exact) mass is 250 g/mol. The highest BCUT2D eigenvalue weighted by molar-refractivity contribution is 5.67. The van der Waals surface area contributed by atoms with Gasteiger partial charge in [-0.25, -0.2) is 4.79 Å². The lowest BCUT2D eigenvalue weighted by atomic mass is 10.0. The fraction of sp³-hybridized carbons (Fsp3) is 0.500. The minimum Gasteiger partial charge on any atom is -0.445 e. The van der Waals surface area contributed by atoms with Crippen molar-refractivity contribution >= 4 is 6.09 Å². The first kappa shape index (κ1) is 14.5. The summed E-state index contributed by atoms with van der Waals surface area (Å²) in [5.74, 6) is 0.333. The smallest absolute Gasteiger partial charge is 0.407 e. The lowest BCUT2D eigenvalue weighted by Crippen LogP contribution is -2.33. The molecule has 0 bridgehead atoms. The Morgan fingerprint density at radius 1 is 1.39 bits per heavy atom. The molecule has 0 saturated carbocycles. The number of hydrogen-bond donors (Lipinski definition) is 2. The average molecular weight is 250 g/mol. The zero-order chi connectivity index (χ0) is 13.2. The maximum atomic E-state index is 11.5. The molecule has 3 N–H and O–H groups in total. The first-order chi connectivity index (χ1) is 8.76. The van der Waals surface area contributed by atoms with Crippen LogP contribution in [0, 0.1) is 5.92 Å². The van der Waals surface area contributed by atoms with Crippen molar-refractivity contribution in [1.82, 2.24) is 5.32 Å². The summed E-state index contributed by atoms with van der Waals surface area (Å²) in [6, 6.07) is 9.62. The summed E-state index contributed by atoms with van der Waals surface area (Å²) < 4.78 is 5.11. The fourth-order valence-electron chi connectivity index (χ4n) is 1.71. The summed E-state index contributed by atoms with van der Waals surface area (Å²) in [6.45, 7) is 3.58. The van der Waals surface area contributed by atoms with Crippen molar-refractivity contribution in [2.24, 2.45) is 11.7 Å². The number of benzene rings is 1. The van der Waals surface area contributed by atoms with E-state index in [-0.39, 0.29) is 6.09 Å². The molecule has 0 spiro atoms. The Kier molecular flexibility index (Phi) is 6.87. The minimum atomic E-state index is -0.381. The van der Waals surface area contributed by atoms with Crippen LogP contribution in [0.4, 0.5) is 4.79 Å². The van der Waals surface area contributed by atoms with Gasteiger partial charge >= 0.3 is 6.09 Å². The van der Waals surface area contributed by atoms with Crippen LogP contribution in [0.15, 0.2) is 30.3 Å². The second-order valence-electron chi connectivity index (χ2n) is 4.33. The Morgan fingerprint density at radius 2 is 2.11 bits per heavy atom.